The van der Waals surface area contributed by atoms with Crippen LogP contribution in [0.25, 0.3) is 0 Å². The van der Waals surface area contributed by atoms with Crippen LogP contribution < -0.4 is 0 Å². The van der Waals surface area contributed by atoms with Crippen LogP contribution in [0.5, 0.6) is 0 Å². The normalized spacial score (nSPS) is 21.1. The molecule has 1 atom stereocenters. The van der Waals surface area contributed by atoms with E-state index in [1.54, 1.807) is 0 Å². The minimum atomic E-state index is 0.257. The molecule has 4 rings (SSSR count). The molecule has 0 saturated carbocycles. The number of thioether (sulfide) groups is 1. The van der Waals surface area contributed by atoms with Crippen LogP contribution in [0.15, 0.2) is 57.2 Å². The third kappa shape index (κ3) is 3.82. The minimum absolute atomic E-state index is 0.257. The Hall–Kier alpha value is -0.980. The van der Waals surface area contributed by atoms with Crippen molar-refractivity contribution in [3.05, 3.63) is 53.6 Å². The zero-order valence-corrected chi connectivity index (χ0v) is 16.9. The van der Waals surface area contributed by atoms with Crippen LogP contribution >= 0.6 is 23.5 Å². The molecular weight excluding hydrogens is 360 g/mol. The summed E-state index contributed by atoms with van der Waals surface area (Å²) in [5.41, 5.74) is 2.94. The molecule has 1 saturated heterocycles. The Balaban J connectivity index is 1.66. The van der Waals surface area contributed by atoms with Gasteiger partial charge in [-0.2, -0.15) is 0 Å². The van der Waals surface area contributed by atoms with Gasteiger partial charge in [0, 0.05) is 53.5 Å². The van der Waals surface area contributed by atoms with Gasteiger partial charge >= 0.3 is 0 Å². The van der Waals surface area contributed by atoms with E-state index in [4.69, 9.17) is 0 Å². The molecule has 5 heteroatoms. The number of hydrogen-bond acceptors (Lipinski definition) is 5. The molecule has 0 amide bonds. The molecule has 2 aromatic carbocycles. The summed E-state index contributed by atoms with van der Waals surface area (Å²) in [6.07, 6.45) is 3.23. The van der Waals surface area contributed by atoms with E-state index in [0.717, 1.165) is 39.1 Å². The van der Waals surface area contributed by atoms with E-state index in [1.165, 1.54) is 25.8 Å². The summed E-state index contributed by atoms with van der Waals surface area (Å²) in [5, 5.41) is 9.21. The Morgan fingerprint density at radius 1 is 1.08 bits per heavy atom. The van der Waals surface area contributed by atoms with Crippen molar-refractivity contribution in [3.63, 3.8) is 0 Å². The molecule has 3 nitrogen and oxygen atoms in total. The second-order valence-electron chi connectivity index (χ2n) is 6.93. The number of hydrogen-bond donors (Lipinski definition) is 1. The molecule has 2 aromatic rings. The molecular formula is C21H26N2OS2. The molecule has 0 aromatic heterocycles. The first-order valence-electron chi connectivity index (χ1n) is 9.29. The topological polar surface area (TPSA) is 26.7 Å². The van der Waals surface area contributed by atoms with Crippen LogP contribution in [-0.2, 0) is 6.42 Å². The van der Waals surface area contributed by atoms with Crippen molar-refractivity contribution in [1.29, 1.82) is 0 Å². The second-order valence-corrected chi connectivity index (χ2v) is 8.90. The van der Waals surface area contributed by atoms with Gasteiger partial charge in [0.15, 0.2) is 0 Å². The fraction of sp³-hybridized carbons (Fsp3) is 0.429. The molecule has 0 radical (unpaired) electrons. The Morgan fingerprint density at radius 2 is 1.88 bits per heavy atom. The maximum absolute atomic E-state index is 9.21. The highest BCUT2D eigenvalue weighted by atomic mass is 32.2. The first-order chi connectivity index (χ1) is 12.8. The maximum Gasteiger partial charge on any atom is 0.0558 e. The molecule has 0 aliphatic carbocycles. The minimum Gasteiger partial charge on any atom is -0.395 e. The lowest BCUT2D eigenvalue weighted by Crippen LogP contribution is -2.48. The van der Waals surface area contributed by atoms with Crippen molar-refractivity contribution in [3.8, 4) is 0 Å². The fourth-order valence-electron chi connectivity index (χ4n) is 3.98. The summed E-state index contributed by atoms with van der Waals surface area (Å²) in [5.74, 6) is 0. The molecule has 2 heterocycles. The summed E-state index contributed by atoms with van der Waals surface area (Å²) in [6, 6.07) is 16.3. The van der Waals surface area contributed by atoms with Crippen molar-refractivity contribution in [2.24, 2.45) is 0 Å². The lowest BCUT2D eigenvalue weighted by atomic mass is 9.96. The first kappa shape index (κ1) is 18.4. The van der Waals surface area contributed by atoms with E-state index in [9.17, 15) is 5.11 Å². The smallest absolute Gasteiger partial charge is 0.0558 e. The SMILES string of the molecule is CSc1ccc2c(c1)[C@H](N1CCN(CCO)CC1)Cc1ccccc1S2. The van der Waals surface area contributed by atoms with Gasteiger partial charge in [0.25, 0.3) is 0 Å². The van der Waals surface area contributed by atoms with Gasteiger partial charge in [-0.25, -0.2) is 0 Å². The second kappa shape index (κ2) is 8.36. The van der Waals surface area contributed by atoms with Crippen molar-refractivity contribution >= 4 is 23.5 Å². The average molecular weight is 387 g/mol. The van der Waals surface area contributed by atoms with Crippen LogP contribution in [0.3, 0.4) is 0 Å². The largest absolute Gasteiger partial charge is 0.395 e. The molecule has 26 heavy (non-hydrogen) atoms. The van der Waals surface area contributed by atoms with Gasteiger partial charge < -0.3 is 5.11 Å². The zero-order chi connectivity index (χ0) is 17.9. The maximum atomic E-state index is 9.21. The van der Waals surface area contributed by atoms with E-state index in [-0.39, 0.29) is 6.61 Å². The van der Waals surface area contributed by atoms with Gasteiger partial charge in [-0.1, -0.05) is 30.0 Å². The van der Waals surface area contributed by atoms with Gasteiger partial charge in [-0.3, -0.25) is 9.80 Å². The summed E-state index contributed by atoms with van der Waals surface area (Å²) < 4.78 is 0. The standard InChI is InChI=1S/C21H26N2OS2/c1-25-17-6-7-21-18(15-17)19(14-16-4-2-3-5-20(16)26-21)23-10-8-22(9-11-23)12-13-24/h2-7,15,19,24H,8-14H2,1H3/t19-/m1/s1. The molecule has 138 valence electrons. The predicted octanol–water partition coefficient (Wildman–Crippen LogP) is 3.77. The van der Waals surface area contributed by atoms with Crippen molar-refractivity contribution in [1.82, 2.24) is 9.80 Å². The van der Waals surface area contributed by atoms with Gasteiger partial charge in [-0.05, 0) is 48.1 Å². The van der Waals surface area contributed by atoms with Gasteiger partial charge in [0.1, 0.15) is 0 Å². The molecule has 1 fully saturated rings. The lowest BCUT2D eigenvalue weighted by molar-refractivity contribution is 0.0823. The molecule has 1 N–H and O–H groups in total. The summed E-state index contributed by atoms with van der Waals surface area (Å²) in [7, 11) is 0. The van der Waals surface area contributed by atoms with Crippen molar-refractivity contribution < 1.29 is 5.11 Å². The third-order valence-electron chi connectivity index (χ3n) is 5.45. The Morgan fingerprint density at radius 3 is 2.65 bits per heavy atom. The van der Waals surface area contributed by atoms with E-state index >= 15 is 0 Å². The molecule has 0 bridgehead atoms. The number of nitrogens with zero attached hydrogens (tertiary/aromatic N) is 2. The zero-order valence-electron chi connectivity index (χ0n) is 15.2. The highest BCUT2D eigenvalue weighted by Gasteiger charge is 2.30. The number of rotatable bonds is 4. The lowest BCUT2D eigenvalue weighted by Gasteiger charge is -2.39. The quantitative estimate of drug-likeness (QED) is 0.807. The number of piperazine rings is 1. The Kier molecular flexibility index (Phi) is 5.91. The monoisotopic (exact) mass is 386 g/mol. The van der Waals surface area contributed by atoms with Gasteiger partial charge in [-0.15, -0.1) is 11.8 Å². The van der Waals surface area contributed by atoms with Crippen molar-refractivity contribution in [2.45, 2.75) is 27.1 Å². The number of β-amino-alcohol motifs (C(OH)–C–C–N with tert-alkyl or cyclic N) is 1. The number of fused-ring (bicyclic) bond motifs is 2. The van der Waals surface area contributed by atoms with Crippen LogP contribution in [0.4, 0.5) is 0 Å². The Labute approximate surface area is 164 Å². The highest BCUT2D eigenvalue weighted by molar-refractivity contribution is 7.99. The average Bonchev–Trinajstić information content (AvgIpc) is 2.85. The van der Waals surface area contributed by atoms with E-state index in [1.807, 2.05) is 23.5 Å². The number of aliphatic hydroxyl groups is 1. The molecule has 0 spiro atoms. The van der Waals surface area contributed by atoms with E-state index < -0.39 is 0 Å². The van der Waals surface area contributed by atoms with Crippen molar-refractivity contribution in [2.75, 3.05) is 45.6 Å². The van der Waals surface area contributed by atoms with E-state index in [2.05, 4.69) is 58.5 Å². The number of benzene rings is 2. The van der Waals surface area contributed by atoms with Gasteiger partial charge in [0.05, 0.1) is 6.61 Å². The predicted molar refractivity (Wildman–Crippen MR) is 110 cm³/mol. The summed E-state index contributed by atoms with van der Waals surface area (Å²) >= 11 is 3.74. The molecule has 2 aliphatic heterocycles. The number of aliphatic hydroxyl groups excluding tert-OH is 1. The van der Waals surface area contributed by atoms with Gasteiger partial charge in [0.2, 0.25) is 0 Å². The summed E-state index contributed by atoms with van der Waals surface area (Å²) in [4.78, 5) is 9.16. The highest BCUT2D eigenvalue weighted by Crippen LogP contribution is 2.44. The van der Waals surface area contributed by atoms with Crippen LogP contribution in [0, 0.1) is 0 Å². The van der Waals surface area contributed by atoms with Crippen LogP contribution in [0.1, 0.15) is 17.2 Å². The van der Waals surface area contributed by atoms with E-state index in [0.29, 0.717) is 6.04 Å². The Bertz CT molecular complexity index is 759. The summed E-state index contributed by atoms with van der Waals surface area (Å²) in [6.45, 7) is 5.28. The first-order valence-corrected chi connectivity index (χ1v) is 11.3. The van der Waals surface area contributed by atoms with Crippen LogP contribution in [0.2, 0.25) is 0 Å². The molecule has 2 aliphatic rings. The third-order valence-corrected chi connectivity index (χ3v) is 7.38. The molecule has 0 unspecified atom stereocenters. The van der Waals surface area contributed by atoms with Crippen LogP contribution in [-0.4, -0.2) is 60.5 Å². The fourth-order valence-corrected chi connectivity index (χ4v) is 5.55.